The molecule has 3 aromatic rings. The van der Waals surface area contributed by atoms with E-state index < -0.39 is 21.8 Å². The molecule has 0 saturated heterocycles. The second-order valence-electron chi connectivity index (χ2n) is 6.46. The first kappa shape index (κ1) is 23.1. The topological polar surface area (TPSA) is 90.5 Å². The normalized spacial score (nSPS) is 12.1. The van der Waals surface area contributed by atoms with E-state index in [4.69, 9.17) is 47.0 Å². The molecule has 1 atom stereocenters. The van der Waals surface area contributed by atoms with E-state index in [1.807, 2.05) is 30.3 Å². The number of carboxylic acid groups (broad SMARTS) is 1. The number of fused-ring (bicyclic) bond motifs is 1. The van der Waals surface area contributed by atoms with Gasteiger partial charge in [-0.15, -0.1) is 0 Å². The highest BCUT2D eigenvalue weighted by Gasteiger charge is 2.35. The van der Waals surface area contributed by atoms with Crippen LogP contribution in [-0.2, 0) is 0 Å². The highest BCUT2D eigenvalue weighted by molar-refractivity contribution is 7.80. The fourth-order valence-electron chi connectivity index (χ4n) is 2.81. The van der Waals surface area contributed by atoms with E-state index in [0.29, 0.717) is 5.56 Å². The summed E-state index contributed by atoms with van der Waals surface area (Å²) in [5.41, 5.74) is 0.628. The summed E-state index contributed by atoms with van der Waals surface area (Å²) >= 11 is 23.3. The lowest BCUT2D eigenvalue weighted by molar-refractivity contribution is 0.0697. The minimum atomic E-state index is -1.95. The molecular formula is C21H16Cl3N3O3S. The smallest absolute Gasteiger partial charge is 0.337 e. The van der Waals surface area contributed by atoms with Gasteiger partial charge in [0.1, 0.15) is 6.17 Å². The molecule has 31 heavy (non-hydrogen) atoms. The van der Waals surface area contributed by atoms with Gasteiger partial charge in [-0.3, -0.25) is 4.79 Å². The Hall–Kier alpha value is -2.58. The van der Waals surface area contributed by atoms with Crippen LogP contribution >= 0.6 is 47.0 Å². The molecule has 0 fully saturated rings. The first-order valence-corrected chi connectivity index (χ1v) is 10.5. The van der Waals surface area contributed by atoms with Gasteiger partial charge in [0.2, 0.25) is 3.79 Å². The number of hydrogen-bond acceptors (Lipinski definition) is 3. The number of carboxylic acids is 1. The number of nitrogens with one attached hydrogen (secondary N) is 3. The van der Waals surface area contributed by atoms with E-state index in [-0.39, 0.29) is 16.4 Å². The van der Waals surface area contributed by atoms with Crippen LogP contribution < -0.4 is 16.0 Å². The molecule has 3 rings (SSSR count). The summed E-state index contributed by atoms with van der Waals surface area (Å²) in [6, 6.07) is 19.0. The predicted molar refractivity (Wildman–Crippen MR) is 128 cm³/mol. The maximum Gasteiger partial charge on any atom is 0.337 e. The molecular weight excluding hydrogens is 481 g/mol. The molecule has 0 radical (unpaired) electrons. The van der Waals surface area contributed by atoms with Crippen molar-refractivity contribution in [1.29, 1.82) is 0 Å². The van der Waals surface area contributed by atoms with Gasteiger partial charge in [0.25, 0.3) is 5.91 Å². The number of halogens is 3. The molecule has 1 unspecified atom stereocenters. The van der Waals surface area contributed by atoms with Gasteiger partial charge < -0.3 is 21.1 Å². The number of rotatable bonds is 5. The molecule has 0 bridgehead atoms. The quantitative estimate of drug-likeness (QED) is 0.227. The number of hydrogen-bond donors (Lipinski definition) is 4. The zero-order valence-corrected chi connectivity index (χ0v) is 18.8. The summed E-state index contributed by atoms with van der Waals surface area (Å²) in [6.45, 7) is 0. The third-order valence-electron chi connectivity index (χ3n) is 4.30. The van der Waals surface area contributed by atoms with Crippen molar-refractivity contribution in [1.82, 2.24) is 10.6 Å². The summed E-state index contributed by atoms with van der Waals surface area (Å²) < 4.78 is -1.95. The molecule has 10 heteroatoms. The zero-order chi connectivity index (χ0) is 22.6. The Bertz CT molecular complexity index is 1150. The van der Waals surface area contributed by atoms with Gasteiger partial charge in [0.05, 0.1) is 11.3 Å². The number of aromatic carboxylic acids is 1. The third-order valence-corrected chi connectivity index (χ3v) is 5.17. The number of amides is 1. The number of carbonyl (C=O) groups excluding carboxylic acids is 1. The van der Waals surface area contributed by atoms with Gasteiger partial charge in [-0.2, -0.15) is 0 Å². The summed E-state index contributed by atoms with van der Waals surface area (Å²) in [5, 5.41) is 19.2. The van der Waals surface area contributed by atoms with Crippen molar-refractivity contribution in [3.63, 3.8) is 0 Å². The van der Waals surface area contributed by atoms with E-state index in [9.17, 15) is 14.7 Å². The van der Waals surface area contributed by atoms with Gasteiger partial charge in [-0.25, -0.2) is 4.79 Å². The van der Waals surface area contributed by atoms with E-state index in [0.717, 1.165) is 10.8 Å². The molecule has 0 aliphatic heterocycles. The molecule has 160 valence electrons. The van der Waals surface area contributed by atoms with Crippen LogP contribution in [0.2, 0.25) is 0 Å². The van der Waals surface area contributed by atoms with Crippen LogP contribution in [0.15, 0.2) is 66.7 Å². The first-order valence-electron chi connectivity index (χ1n) is 8.91. The van der Waals surface area contributed by atoms with Crippen molar-refractivity contribution in [2.45, 2.75) is 9.96 Å². The molecule has 6 nitrogen and oxygen atoms in total. The average molecular weight is 497 g/mol. The van der Waals surface area contributed by atoms with Crippen LogP contribution in [0.3, 0.4) is 0 Å². The summed E-state index contributed by atoms with van der Waals surface area (Å²) in [5.74, 6) is -1.61. The number of benzene rings is 3. The van der Waals surface area contributed by atoms with Crippen LogP contribution in [0.5, 0.6) is 0 Å². The fraction of sp³-hybridized carbons (Fsp3) is 0.0952. The van der Waals surface area contributed by atoms with Crippen molar-refractivity contribution in [3.8, 4) is 0 Å². The Balaban J connectivity index is 1.75. The van der Waals surface area contributed by atoms with Gasteiger partial charge in [-0.05, 0) is 47.3 Å². The lowest BCUT2D eigenvalue weighted by Crippen LogP contribution is -2.56. The van der Waals surface area contributed by atoms with E-state index >= 15 is 0 Å². The van der Waals surface area contributed by atoms with Crippen LogP contribution in [0.1, 0.15) is 20.7 Å². The van der Waals surface area contributed by atoms with Crippen molar-refractivity contribution in [2.75, 3.05) is 5.32 Å². The molecule has 0 aliphatic rings. The number of alkyl halides is 3. The van der Waals surface area contributed by atoms with Crippen LogP contribution in [-0.4, -0.2) is 32.1 Å². The number of anilines is 1. The monoisotopic (exact) mass is 495 g/mol. The molecule has 4 N–H and O–H groups in total. The Labute approximate surface area is 198 Å². The Morgan fingerprint density at radius 1 is 0.903 bits per heavy atom. The molecule has 0 aromatic heterocycles. The number of thiocarbonyl (C=S) groups is 1. The Morgan fingerprint density at radius 3 is 2.23 bits per heavy atom. The minimum absolute atomic E-state index is 0.0114. The third kappa shape index (κ3) is 5.98. The SMILES string of the molecule is O=C(NC(NC(=S)Nc1ccccc1C(=O)O)C(Cl)(Cl)Cl)c1ccc2ccccc2c1. The second-order valence-corrected chi connectivity index (χ2v) is 9.24. The summed E-state index contributed by atoms with van der Waals surface area (Å²) in [7, 11) is 0. The number of carbonyl (C=O) groups is 2. The standard InChI is InChI=1S/C21H16Cl3N3O3S/c22-21(23,24)19(27-20(31)25-16-8-4-3-7-15(16)18(29)30)26-17(28)14-10-9-12-5-1-2-6-13(12)11-14/h1-11,19H,(H,26,28)(H,29,30)(H2,25,27,31). The van der Waals surface area contributed by atoms with Crippen molar-refractivity contribution in [2.24, 2.45) is 0 Å². The molecule has 0 saturated carbocycles. The maximum atomic E-state index is 12.8. The van der Waals surface area contributed by atoms with Crippen molar-refractivity contribution in [3.05, 3.63) is 77.9 Å². The van der Waals surface area contributed by atoms with E-state index in [1.165, 1.54) is 12.1 Å². The van der Waals surface area contributed by atoms with Crippen LogP contribution in [0.25, 0.3) is 10.8 Å². The average Bonchev–Trinajstić information content (AvgIpc) is 2.72. The fourth-order valence-corrected chi connectivity index (χ4v) is 3.37. The maximum absolute atomic E-state index is 12.8. The minimum Gasteiger partial charge on any atom is -0.478 e. The van der Waals surface area contributed by atoms with Crippen molar-refractivity contribution >= 4 is 80.5 Å². The highest BCUT2D eigenvalue weighted by atomic mass is 35.6. The largest absolute Gasteiger partial charge is 0.478 e. The zero-order valence-electron chi connectivity index (χ0n) is 15.7. The molecule has 3 aromatic carbocycles. The second kappa shape index (κ2) is 9.70. The van der Waals surface area contributed by atoms with Gasteiger partial charge in [0, 0.05) is 5.56 Å². The lowest BCUT2D eigenvalue weighted by atomic mass is 10.1. The predicted octanol–water partition coefficient (Wildman–Crippen LogP) is 4.95. The van der Waals surface area contributed by atoms with E-state index in [2.05, 4.69) is 16.0 Å². The Morgan fingerprint density at radius 2 is 1.55 bits per heavy atom. The summed E-state index contributed by atoms with van der Waals surface area (Å²) in [4.78, 5) is 24.1. The molecule has 0 aliphatic carbocycles. The molecule has 0 spiro atoms. The van der Waals surface area contributed by atoms with Crippen LogP contribution in [0, 0.1) is 0 Å². The van der Waals surface area contributed by atoms with Gasteiger partial charge in [-0.1, -0.05) is 77.3 Å². The molecule has 1 amide bonds. The Kier molecular flexibility index (Phi) is 7.23. The van der Waals surface area contributed by atoms with Crippen LogP contribution in [0.4, 0.5) is 5.69 Å². The summed E-state index contributed by atoms with van der Waals surface area (Å²) in [6.07, 6.45) is -1.20. The van der Waals surface area contributed by atoms with Gasteiger partial charge in [0.15, 0.2) is 5.11 Å². The van der Waals surface area contributed by atoms with Gasteiger partial charge >= 0.3 is 5.97 Å². The highest BCUT2D eigenvalue weighted by Crippen LogP contribution is 2.29. The number of para-hydroxylation sites is 1. The lowest BCUT2D eigenvalue weighted by Gasteiger charge is -2.28. The van der Waals surface area contributed by atoms with Crippen molar-refractivity contribution < 1.29 is 14.7 Å². The first-order chi connectivity index (χ1) is 14.6. The molecule has 0 heterocycles. The van der Waals surface area contributed by atoms with E-state index in [1.54, 1.807) is 24.3 Å².